The summed E-state index contributed by atoms with van der Waals surface area (Å²) in [6.07, 6.45) is 1.84. The van der Waals surface area contributed by atoms with Crippen LogP contribution in [-0.4, -0.2) is 30.4 Å². The minimum Gasteiger partial charge on any atom is -0.497 e. The molecule has 0 unspecified atom stereocenters. The van der Waals surface area contributed by atoms with E-state index in [0.29, 0.717) is 0 Å². The average molecular weight is 311 g/mol. The van der Waals surface area contributed by atoms with Crippen molar-refractivity contribution in [2.75, 3.05) is 7.11 Å². The molecule has 0 N–H and O–H groups in total. The predicted molar refractivity (Wildman–Crippen MR) is 91.9 cm³/mol. The van der Waals surface area contributed by atoms with Crippen LogP contribution in [0.3, 0.4) is 0 Å². The molecule has 1 fully saturated rings. The van der Waals surface area contributed by atoms with Crippen LogP contribution in [0.2, 0.25) is 0 Å². The maximum absolute atomic E-state index is 6.03. The van der Waals surface area contributed by atoms with Gasteiger partial charge in [-0.25, -0.2) is 0 Å². The Labute approximate surface area is 137 Å². The summed E-state index contributed by atoms with van der Waals surface area (Å²) in [5.41, 5.74) is 2.17. The molecule has 0 atom stereocenters. The van der Waals surface area contributed by atoms with Crippen LogP contribution in [0.25, 0.3) is 11.1 Å². The van der Waals surface area contributed by atoms with Crippen molar-refractivity contribution in [3.05, 3.63) is 42.6 Å². The Kier molecular flexibility index (Phi) is 3.94. The zero-order valence-corrected chi connectivity index (χ0v) is 14.3. The number of pyridine rings is 1. The lowest BCUT2D eigenvalue weighted by Crippen LogP contribution is -2.41. The molecule has 1 aromatic heterocycles. The third-order valence-electron chi connectivity index (χ3n) is 4.68. The van der Waals surface area contributed by atoms with E-state index in [-0.39, 0.29) is 11.2 Å². The molecular weight excluding hydrogens is 289 g/mol. The first-order valence-electron chi connectivity index (χ1n) is 7.78. The first-order valence-corrected chi connectivity index (χ1v) is 7.78. The van der Waals surface area contributed by atoms with Gasteiger partial charge < -0.3 is 14.0 Å². The topological polar surface area (TPSA) is 40.6 Å². The highest BCUT2D eigenvalue weighted by Gasteiger charge is 2.52. The first kappa shape index (κ1) is 16.0. The highest BCUT2D eigenvalue weighted by atomic mass is 16.7. The van der Waals surface area contributed by atoms with Crippen LogP contribution in [0.1, 0.15) is 27.7 Å². The molecule has 0 saturated carbocycles. The molecule has 4 nitrogen and oxygen atoms in total. The van der Waals surface area contributed by atoms with E-state index in [1.807, 2.05) is 70.3 Å². The number of hydrogen-bond donors (Lipinski definition) is 0. The van der Waals surface area contributed by atoms with Crippen molar-refractivity contribution in [3.8, 4) is 16.9 Å². The van der Waals surface area contributed by atoms with E-state index < -0.39 is 7.12 Å². The van der Waals surface area contributed by atoms with E-state index in [0.717, 1.165) is 22.5 Å². The molecule has 5 heteroatoms. The molecule has 0 aliphatic carbocycles. The Morgan fingerprint density at radius 3 is 2.22 bits per heavy atom. The molecule has 2 aromatic rings. The minimum atomic E-state index is -0.431. The van der Waals surface area contributed by atoms with E-state index >= 15 is 0 Å². The second-order valence-corrected chi connectivity index (χ2v) is 6.79. The van der Waals surface area contributed by atoms with Gasteiger partial charge in [0, 0.05) is 11.8 Å². The zero-order valence-electron chi connectivity index (χ0n) is 14.3. The molecule has 23 heavy (non-hydrogen) atoms. The van der Waals surface area contributed by atoms with E-state index in [9.17, 15) is 0 Å². The molecule has 1 aromatic carbocycles. The molecule has 0 radical (unpaired) electrons. The van der Waals surface area contributed by atoms with Crippen molar-refractivity contribution in [2.45, 2.75) is 38.9 Å². The average Bonchev–Trinajstić information content (AvgIpc) is 2.76. The fourth-order valence-electron chi connectivity index (χ4n) is 2.48. The summed E-state index contributed by atoms with van der Waals surface area (Å²) >= 11 is 0. The molecule has 0 bridgehead atoms. The van der Waals surface area contributed by atoms with Gasteiger partial charge in [0.15, 0.2) is 0 Å². The van der Waals surface area contributed by atoms with Crippen molar-refractivity contribution in [2.24, 2.45) is 0 Å². The van der Waals surface area contributed by atoms with Gasteiger partial charge in [-0.15, -0.1) is 0 Å². The monoisotopic (exact) mass is 311 g/mol. The van der Waals surface area contributed by atoms with Crippen LogP contribution in [0, 0.1) is 0 Å². The summed E-state index contributed by atoms with van der Waals surface area (Å²) in [6, 6.07) is 11.9. The molecular formula is C18H22BNO3. The number of hydrogen-bond acceptors (Lipinski definition) is 4. The zero-order chi connectivity index (χ0) is 16.7. The number of benzene rings is 1. The highest BCUT2D eigenvalue weighted by molar-refractivity contribution is 6.61. The second kappa shape index (κ2) is 5.66. The van der Waals surface area contributed by atoms with E-state index in [4.69, 9.17) is 14.0 Å². The van der Waals surface area contributed by atoms with Crippen molar-refractivity contribution >= 4 is 12.7 Å². The van der Waals surface area contributed by atoms with Crippen molar-refractivity contribution in [1.29, 1.82) is 0 Å². The van der Waals surface area contributed by atoms with Crippen molar-refractivity contribution < 1.29 is 14.0 Å². The van der Waals surface area contributed by atoms with Gasteiger partial charge in [0.1, 0.15) is 5.75 Å². The smallest absolute Gasteiger partial charge is 0.497 e. The quantitative estimate of drug-likeness (QED) is 0.817. The van der Waals surface area contributed by atoms with Crippen molar-refractivity contribution in [3.63, 3.8) is 0 Å². The lowest BCUT2D eigenvalue weighted by molar-refractivity contribution is 0.00578. The Bertz CT molecular complexity index is 682. The largest absolute Gasteiger partial charge is 0.514 e. The Morgan fingerprint density at radius 1 is 0.957 bits per heavy atom. The Morgan fingerprint density at radius 2 is 1.65 bits per heavy atom. The van der Waals surface area contributed by atoms with Crippen LogP contribution < -0.4 is 10.3 Å². The Balaban J connectivity index is 1.83. The third kappa shape index (κ3) is 2.99. The standard InChI is InChI=1S/C18H22BNO3/c1-17(2)18(3,4)23-19(22-17)16-10-9-14(12-20-16)13-7-6-8-15(11-13)21-5/h6-12H,1-5H3. The van der Waals surface area contributed by atoms with Gasteiger partial charge >= 0.3 is 7.12 Å². The first-order chi connectivity index (χ1) is 10.8. The maximum Gasteiger partial charge on any atom is 0.514 e. The maximum atomic E-state index is 6.03. The Hall–Kier alpha value is -1.85. The fraction of sp³-hybridized carbons (Fsp3) is 0.389. The number of methoxy groups -OCH3 is 1. The van der Waals surface area contributed by atoms with Gasteiger partial charge in [0.2, 0.25) is 0 Å². The molecule has 0 spiro atoms. The number of rotatable bonds is 3. The number of nitrogens with zero attached hydrogens (tertiary/aromatic N) is 1. The summed E-state index contributed by atoms with van der Waals surface area (Å²) < 4.78 is 17.3. The third-order valence-corrected chi connectivity index (χ3v) is 4.68. The summed E-state index contributed by atoms with van der Waals surface area (Å²) in [7, 11) is 1.23. The van der Waals surface area contributed by atoms with Gasteiger partial charge in [0.25, 0.3) is 0 Å². The molecule has 1 saturated heterocycles. The van der Waals surface area contributed by atoms with E-state index in [1.165, 1.54) is 0 Å². The van der Waals surface area contributed by atoms with Crippen LogP contribution in [0.5, 0.6) is 5.75 Å². The summed E-state index contributed by atoms with van der Waals surface area (Å²) in [6.45, 7) is 8.16. The lowest BCUT2D eigenvalue weighted by Gasteiger charge is -2.32. The molecule has 0 amide bonds. The normalized spacial score (nSPS) is 18.9. The lowest BCUT2D eigenvalue weighted by atomic mass is 9.84. The van der Waals surface area contributed by atoms with Gasteiger partial charge in [-0.2, -0.15) is 0 Å². The second-order valence-electron chi connectivity index (χ2n) is 6.79. The SMILES string of the molecule is COc1cccc(-c2ccc(B3OC(C)(C)C(C)(C)O3)nc2)c1. The molecule has 1 aliphatic heterocycles. The number of aromatic nitrogens is 1. The predicted octanol–water partition coefficient (Wildman–Crippen LogP) is 3.06. The minimum absolute atomic E-state index is 0.356. The molecule has 3 rings (SSSR count). The molecule has 1 aliphatic rings. The van der Waals surface area contributed by atoms with Gasteiger partial charge in [-0.1, -0.05) is 18.2 Å². The summed E-state index contributed by atoms with van der Waals surface area (Å²) in [5.74, 6) is 0.831. The van der Waals surface area contributed by atoms with E-state index in [1.54, 1.807) is 7.11 Å². The fourth-order valence-corrected chi connectivity index (χ4v) is 2.48. The summed E-state index contributed by atoms with van der Waals surface area (Å²) in [5, 5.41) is 0. The number of ether oxygens (including phenoxy) is 1. The van der Waals surface area contributed by atoms with Crippen LogP contribution in [0.4, 0.5) is 0 Å². The van der Waals surface area contributed by atoms with Crippen LogP contribution >= 0.6 is 0 Å². The van der Waals surface area contributed by atoms with Crippen molar-refractivity contribution in [1.82, 2.24) is 4.98 Å². The van der Waals surface area contributed by atoms with Gasteiger partial charge in [0.05, 0.1) is 23.9 Å². The van der Waals surface area contributed by atoms with Crippen LogP contribution in [0.15, 0.2) is 42.6 Å². The molecule has 2 heterocycles. The highest BCUT2D eigenvalue weighted by Crippen LogP contribution is 2.36. The molecule has 120 valence electrons. The van der Waals surface area contributed by atoms with Gasteiger partial charge in [-0.3, -0.25) is 4.98 Å². The van der Waals surface area contributed by atoms with E-state index in [2.05, 4.69) is 4.98 Å². The van der Waals surface area contributed by atoms with Crippen LogP contribution in [-0.2, 0) is 9.31 Å². The summed E-state index contributed by atoms with van der Waals surface area (Å²) in [4.78, 5) is 4.53. The van der Waals surface area contributed by atoms with Gasteiger partial charge in [-0.05, 0) is 51.5 Å².